The van der Waals surface area contributed by atoms with Gasteiger partial charge >= 0.3 is 11.8 Å². The van der Waals surface area contributed by atoms with Crippen LogP contribution in [0, 0.1) is 6.92 Å². The van der Waals surface area contributed by atoms with Crippen molar-refractivity contribution in [2.75, 3.05) is 6.54 Å². The number of halogens is 2. The molecule has 1 amide bonds. The summed E-state index contributed by atoms with van der Waals surface area (Å²) in [6.07, 6.45) is -0.509. The number of aryl methyl sites for hydroxylation is 1. The average molecular weight is 530 g/mol. The Kier molecular flexibility index (Phi) is 7.06. The zero-order valence-corrected chi connectivity index (χ0v) is 21.8. The maximum absolute atomic E-state index is 13.1. The summed E-state index contributed by atoms with van der Waals surface area (Å²) in [5, 5.41) is 1.08. The summed E-state index contributed by atoms with van der Waals surface area (Å²) in [6, 6.07) is 10.6. The molecule has 0 atom stereocenters. The van der Waals surface area contributed by atoms with E-state index in [2.05, 4.69) is 15.0 Å². The van der Waals surface area contributed by atoms with Crippen molar-refractivity contribution >= 4 is 40.3 Å². The minimum Gasteiger partial charge on any atom is -0.444 e. The first kappa shape index (κ1) is 25.7. The normalized spacial score (nSPS) is 11.7. The summed E-state index contributed by atoms with van der Waals surface area (Å²) in [5.74, 6) is 0.104. The molecule has 0 saturated carbocycles. The number of benzene rings is 2. The number of nitrogens with zero attached hydrogens (tertiary/aromatic N) is 4. The van der Waals surface area contributed by atoms with E-state index in [0.717, 1.165) is 11.1 Å². The second kappa shape index (κ2) is 9.91. The second-order valence-corrected chi connectivity index (χ2v) is 10.3. The van der Waals surface area contributed by atoms with Crippen LogP contribution in [0.3, 0.4) is 0 Å². The van der Waals surface area contributed by atoms with Crippen molar-refractivity contribution < 1.29 is 9.53 Å². The second-order valence-electron chi connectivity index (χ2n) is 9.43. The summed E-state index contributed by atoms with van der Waals surface area (Å²) >= 11 is 12.4. The summed E-state index contributed by atoms with van der Waals surface area (Å²) in [4.78, 5) is 49.8. The van der Waals surface area contributed by atoms with E-state index in [0.29, 0.717) is 21.1 Å². The molecule has 188 valence electrons. The Bertz CT molecular complexity index is 1520. The molecule has 2 aliphatic rings. The zero-order chi connectivity index (χ0) is 26.2. The van der Waals surface area contributed by atoms with Crippen LogP contribution in [0.2, 0.25) is 10.0 Å². The SMILES string of the molecule is Cc1cc2nc3c(=O)[nH]c(=O)nc-3n(CCN(Cc3ccc(Cl)cc3)C(=O)OC(C)(C)C)c2cc1Cl. The van der Waals surface area contributed by atoms with Crippen molar-refractivity contribution in [1.82, 2.24) is 24.4 Å². The van der Waals surface area contributed by atoms with E-state index in [1.807, 2.05) is 19.1 Å². The Labute approximate surface area is 217 Å². The average Bonchev–Trinajstić information content (AvgIpc) is 2.77. The number of H-pyrrole nitrogens is 1. The number of carbonyl (C=O) groups excluding carboxylic acids is 1. The fraction of sp³-hybridized carbons (Fsp3) is 0.320. The van der Waals surface area contributed by atoms with Gasteiger partial charge in [-0.3, -0.25) is 9.78 Å². The monoisotopic (exact) mass is 529 g/mol. The number of ether oxygens (including phenoxy) is 1. The van der Waals surface area contributed by atoms with Gasteiger partial charge in [-0.25, -0.2) is 14.6 Å². The third kappa shape index (κ3) is 5.68. The predicted molar refractivity (Wildman–Crippen MR) is 139 cm³/mol. The fourth-order valence-electron chi connectivity index (χ4n) is 3.74. The number of carbonyl (C=O) groups is 1. The van der Waals surface area contributed by atoms with Crippen molar-refractivity contribution in [3.63, 3.8) is 0 Å². The highest BCUT2D eigenvalue weighted by Gasteiger charge is 2.24. The van der Waals surface area contributed by atoms with Crippen molar-refractivity contribution in [2.45, 2.75) is 46.4 Å². The highest BCUT2D eigenvalue weighted by molar-refractivity contribution is 6.32. The van der Waals surface area contributed by atoms with E-state index in [1.165, 1.54) is 0 Å². The van der Waals surface area contributed by atoms with Gasteiger partial charge < -0.3 is 14.2 Å². The van der Waals surface area contributed by atoms with E-state index in [1.54, 1.807) is 54.5 Å². The van der Waals surface area contributed by atoms with Gasteiger partial charge in [-0.1, -0.05) is 35.3 Å². The maximum atomic E-state index is 13.1. The standard InChI is InChI=1S/C25H25Cl2N5O4/c1-14-11-18-19(12-17(14)27)32(21-20(28-18)22(33)30-23(34)29-21)10-9-31(24(35)36-25(2,3)4)13-15-5-7-16(26)8-6-15/h5-8,11-12H,9-10,13H2,1-4H3,(H,30,33,34). The molecule has 2 aliphatic heterocycles. The Hall–Kier alpha value is -3.43. The lowest BCUT2D eigenvalue weighted by atomic mass is 10.2. The first-order chi connectivity index (χ1) is 16.9. The largest absolute Gasteiger partial charge is 0.444 e. The van der Waals surface area contributed by atoms with Crippen LogP contribution in [-0.2, 0) is 17.8 Å². The van der Waals surface area contributed by atoms with Crippen molar-refractivity contribution in [3.05, 3.63) is 78.4 Å². The molecule has 0 radical (unpaired) electrons. The quantitative estimate of drug-likeness (QED) is 0.377. The van der Waals surface area contributed by atoms with Gasteiger partial charge in [0.05, 0.1) is 11.0 Å². The van der Waals surface area contributed by atoms with Crippen LogP contribution >= 0.6 is 23.2 Å². The highest BCUT2D eigenvalue weighted by Crippen LogP contribution is 2.26. The Balaban J connectivity index is 1.78. The first-order valence-corrected chi connectivity index (χ1v) is 12.0. The molecule has 36 heavy (non-hydrogen) atoms. The molecule has 0 spiro atoms. The minimum absolute atomic E-state index is 0.0188. The Morgan fingerprint density at radius 2 is 1.81 bits per heavy atom. The summed E-state index contributed by atoms with van der Waals surface area (Å²) in [6.45, 7) is 7.84. The van der Waals surface area contributed by atoms with Crippen molar-refractivity contribution in [2.24, 2.45) is 0 Å². The summed E-state index contributed by atoms with van der Waals surface area (Å²) in [7, 11) is 0. The Morgan fingerprint density at radius 3 is 2.47 bits per heavy atom. The molecule has 4 rings (SSSR count). The van der Waals surface area contributed by atoms with E-state index in [9.17, 15) is 14.4 Å². The number of hydrogen-bond donors (Lipinski definition) is 1. The Morgan fingerprint density at radius 1 is 1.11 bits per heavy atom. The molecular formula is C25H25Cl2N5O4. The molecule has 0 saturated heterocycles. The van der Waals surface area contributed by atoms with Gasteiger partial charge in [0.2, 0.25) is 0 Å². The lowest BCUT2D eigenvalue weighted by Crippen LogP contribution is -2.38. The molecular weight excluding hydrogens is 505 g/mol. The molecule has 0 fully saturated rings. The number of rotatable bonds is 5. The van der Waals surface area contributed by atoms with Crippen LogP contribution in [0.1, 0.15) is 31.9 Å². The lowest BCUT2D eigenvalue weighted by Gasteiger charge is -2.28. The van der Waals surface area contributed by atoms with E-state index < -0.39 is 22.9 Å². The number of aromatic nitrogens is 4. The van der Waals surface area contributed by atoms with E-state index >= 15 is 0 Å². The van der Waals surface area contributed by atoms with Gasteiger partial charge in [0.1, 0.15) is 5.60 Å². The van der Waals surface area contributed by atoms with Crippen LogP contribution < -0.4 is 11.2 Å². The predicted octanol–water partition coefficient (Wildman–Crippen LogP) is 4.64. The van der Waals surface area contributed by atoms with Crippen LogP contribution in [0.4, 0.5) is 4.79 Å². The number of nitrogens with one attached hydrogen (secondary N) is 1. The molecule has 11 heteroatoms. The van der Waals surface area contributed by atoms with Crippen molar-refractivity contribution in [3.8, 4) is 11.5 Å². The number of hydrogen-bond acceptors (Lipinski definition) is 6. The molecule has 0 unspecified atom stereocenters. The van der Waals surface area contributed by atoms with Gasteiger partial charge in [-0.2, -0.15) is 4.98 Å². The van der Waals surface area contributed by atoms with E-state index in [4.69, 9.17) is 27.9 Å². The molecule has 1 N–H and O–H groups in total. The molecule has 0 bridgehead atoms. The summed E-state index contributed by atoms with van der Waals surface area (Å²) in [5.41, 5.74) is 0.619. The third-order valence-electron chi connectivity index (χ3n) is 5.42. The maximum Gasteiger partial charge on any atom is 0.410 e. The van der Waals surface area contributed by atoms with Crippen LogP contribution in [-0.4, -0.2) is 42.7 Å². The number of amides is 1. The molecule has 0 aliphatic carbocycles. The fourth-order valence-corrected chi connectivity index (χ4v) is 4.02. The molecule has 0 aromatic heterocycles. The van der Waals surface area contributed by atoms with E-state index in [-0.39, 0.29) is 31.2 Å². The summed E-state index contributed by atoms with van der Waals surface area (Å²) < 4.78 is 7.31. The molecule has 2 aromatic carbocycles. The highest BCUT2D eigenvalue weighted by atomic mass is 35.5. The van der Waals surface area contributed by atoms with Gasteiger partial charge in [-0.15, -0.1) is 0 Å². The first-order valence-electron chi connectivity index (χ1n) is 11.2. The zero-order valence-electron chi connectivity index (χ0n) is 20.3. The van der Waals surface area contributed by atoms with Crippen molar-refractivity contribution in [1.29, 1.82) is 0 Å². The molecule has 2 aromatic rings. The molecule has 9 nitrogen and oxygen atoms in total. The minimum atomic E-state index is -0.786. The van der Waals surface area contributed by atoms with Gasteiger partial charge in [0.15, 0.2) is 11.5 Å². The van der Waals surface area contributed by atoms with Crippen LogP contribution in [0.15, 0.2) is 46.0 Å². The molecule has 2 heterocycles. The van der Waals surface area contributed by atoms with Gasteiger partial charge in [0.25, 0.3) is 5.56 Å². The lowest BCUT2D eigenvalue weighted by molar-refractivity contribution is 0.0227. The van der Waals surface area contributed by atoms with Gasteiger partial charge in [-0.05, 0) is 63.1 Å². The van der Waals surface area contributed by atoms with Gasteiger partial charge in [0, 0.05) is 29.7 Å². The smallest absolute Gasteiger partial charge is 0.410 e. The topological polar surface area (TPSA) is 110 Å². The van der Waals surface area contributed by atoms with Crippen LogP contribution in [0.25, 0.3) is 22.6 Å². The third-order valence-corrected chi connectivity index (χ3v) is 6.08. The number of fused-ring (bicyclic) bond motifs is 2. The van der Waals surface area contributed by atoms with Crippen LogP contribution in [0.5, 0.6) is 0 Å². The number of aromatic amines is 1.